The molecule has 5 heteroatoms. The molecule has 0 aliphatic heterocycles. The molecule has 2 aromatic heterocycles. The lowest BCUT2D eigenvalue weighted by Gasteiger charge is -2.05. The second-order valence-electron chi connectivity index (χ2n) is 3.19. The Hall–Kier alpha value is -1.20. The van der Waals surface area contributed by atoms with Crippen LogP contribution in [0.1, 0.15) is 22.2 Å². The van der Waals surface area contributed by atoms with Gasteiger partial charge >= 0.3 is 0 Å². The van der Waals surface area contributed by atoms with Gasteiger partial charge in [-0.1, -0.05) is 5.21 Å². The summed E-state index contributed by atoms with van der Waals surface area (Å²) in [6.07, 6.45) is 1.08. The molecule has 0 aromatic carbocycles. The van der Waals surface area contributed by atoms with Crippen molar-refractivity contribution in [3.05, 3.63) is 33.8 Å². The molecule has 0 amide bonds. The van der Waals surface area contributed by atoms with E-state index in [1.54, 1.807) is 17.9 Å². The molecule has 2 rings (SSSR count). The van der Waals surface area contributed by atoms with E-state index in [4.69, 9.17) is 0 Å². The van der Waals surface area contributed by atoms with E-state index in [1.807, 2.05) is 18.4 Å². The van der Waals surface area contributed by atoms with Gasteiger partial charge in [0, 0.05) is 11.9 Å². The van der Waals surface area contributed by atoms with Gasteiger partial charge in [0.15, 0.2) is 0 Å². The lowest BCUT2D eigenvalue weighted by molar-refractivity contribution is 0.218. The summed E-state index contributed by atoms with van der Waals surface area (Å²) in [6.45, 7) is 1.98. The lowest BCUT2D eigenvalue weighted by Crippen LogP contribution is -1.99. The lowest BCUT2D eigenvalue weighted by atomic mass is 10.1. The van der Waals surface area contributed by atoms with E-state index in [1.165, 1.54) is 11.3 Å². The van der Waals surface area contributed by atoms with E-state index in [-0.39, 0.29) is 0 Å². The van der Waals surface area contributed by atoms with Crippen LogP contribution in [-0.2, 0) is 7.05 Å². The van der Waals surface area contributed by atoms with Crippen molar-refractivity contribution in [2.24, 2.45) is 7.05 Å². The van der Waals surface area contributed by atoms with Gasteiger partial charge in [0.1, 0.15) is 11.8 Å². The Morgan fingerprint density at radius 1 is 1.57 bits per heavy atom. The zero-order valence-electron chi connectivity index (χ0n) is 8.01. The SMILES string of the molecule is Cc1ccsc1C(O)c1cn(C)nn1. The first-order valence-electron chi connectivity index (χ1n) is 4.27. The largest absolute Gasteiger partial charge is 0.381 e. The fourth-order valence-electron chi connectivity index (χ4n) is 1.29. The highest BCUT2D eigenvalue weighted by molar-refractivity contribution is 7.10. The topological polar surface area (TPSA) is 50.9 Å². The first-order valence-corrected chi connectivity index (χ1v) is 5.14. The van der Waals surface area contributed by atoms with Crippen molar-refractivity contribution in [1.29, 1.82) is 0 Å². The summed E-state index contributed by atoms with van der Waals surface area (Å²) in [5.41, 5.74) is 1.69. The molecule has 1 atom stereocenters. The zero-order valence-corrected chi connectivity index (χ0v) is 8.82. The van der Waals surface area contributed by atoms with Crippen molar-refractivity contribution in [3.8, 4) is 0 Å². The van der Waals surface area contributed by atoms with Crippen molar-refractivity contribution in [2.45, 2.75) is 13.0 Å². The van der Waals surface area contributed by atoms with Crippen LogP contribution in [0.15, 0.2) is 17.6 Å². The van der Waals surface area contributed by atoms with Gasteiger partial charge in [0.05, 0.1) is 6.20 Å². The van der Waals surface area contributed by atoms with Crippen LogP contribution in [0.4, 0.5) is 0 Å². The van der Waals surface area contributed by atoms with Gasteiger partial charge in [-0.2, -0.15) is 0 Å². The zero-order chi connectivity index (χ0) is 10.1. The predicted molar refractivity (Wildman–Crippen MR) is 54.1 cm³/mol. The van der Waals surface area contributed by atoms with Crippen LogP contribution in [0.2, 0.25) is 0 Å². The highest BCUT2D eigenvalue weighted by Crippen LogP contribution is 2.27. The standard InChI is InChI=1S/C9H11N3OS/c1-6-3-4-14-9(6)8(13)7-5-12(2)11-10-7/h3-5,8,13H,1-2H3. The van der Waals surface area contributed by atoms with Crippen LogP contribution in [0, 0.1) is 6.92 Å². The molecule has 0 fully saturated rings. The summed E-state index contributed by atoms with van der Waals surface area (Å²) < 4.78 is 1.58. The molecule has 0 aliphatic carbocycles. The summed E-state index contributed by atoms with van der Waals surface area (Å²) in [6, 6.07) is 1.99. The quantitative estimate of drug-likeness (QED) is 0.810. The molecule has 2 aromatic rings. The van der Waals surface area contributed by atoms with E-state index >= 15 is 0 Å². The number of aliphatic hydroxyl groups is 1. The average Bonchev–Trinajstić information content (AvgIpc) is 2.73. The number of rotatable bonds is 2. The molecule has 14 heavy (non-hydrogen) atoms. The third kappa shape index (κ3) is 1.56. The van der Waals surface area contributed by atoms with Crippen LogP contribution >= 0.6 is 11.3 Å². The van der Waals surface area contributed by atoms with Crippen molar-refractivity contribution in [1.82, 2.24) is 15.0 Å². The number of aryl methyl sites for hydroxylation is 2. The number of hydrogen-bond acceptors (Lipinski definition) is 4. The molecular formula is C9H11N3OS. The first-order chi connectivity index (χ1) is 6.68. The fourth-order valence-corrected chi connectivity index (χ4v) is 2.21. The number of aromatic nitrogens is 3. The van der Waals surface area contributed by atoms with Gasteiger partial charge < -0.3 is 5.11 Å². The third-order valence-corrected chi connectivity index (χ3v) is 3.12. The normalized spacial score (nSPS) is 13.1. The molecule has 0 spiro atoms. The maximum atomic E-state index is 9.97. The minimum absolute atomic E-state index is 0.595. The number of aliphatic hydroxyl groups excluding tert-OH is 1. The van der Waals surface area contributed by atoms with E-state index < -0.39 is 6.10 Å². The monoisotopic (exact) mass is 209 g/mol. The molecule has 0 bridgehead atoms. The Labute approximate surface area is 85.8 Å². The first kappa shape index (κ1) is 9.36. The van der Waals surface area contributed by atoms with Crippen molar-refractivity contribution < 1.29 is 5.11 Å². The molecule has 0 saturated carbocycles. The molecule has 2 heterocycles. The van der Waals surface area contributed by atoms with Gasteiger partial charge in [-0.05, 0) is 23.9 Å². The van der Waals surface area contributed by atoms with E-state index in [0.717, 1.165) is 10.4 Å². The molecule has 0 radical (unpaired) electrons. The Kier molecular flexibility index (Phi) is 2.35. The van der Waals surface area contributed by atoms with E-state index in [9.17, 15) is 5.11 Å². The molecule has 0 aliphatic rings. The van der Waals surface area contributed by atoms with Crippen LogP contribution in [0.5, 0.6) is 0 Å². The average molecular weight is 209 g/mol. The molecule has 74 valence electrons. The predicted octanol–water partition coefficient (Wildman–Crippen LogP) is 1.27. The number of thiophene rings is 1. The summed E-state index contributed by atoms with van der Waals surface area (Å²) in [5, 5.41) is 19.6. The Morgan fingerprint density at radius 3 is 2.86 bits per heavy atom. The maximum absolute atomic E-state index is 9.97. The summed E-state index contributed by atoms with van der Waals surface area (Å²) in [5.74, 6) is 0. The van der Waals surface area contributed by atoms with Crippen LogP contribution in [0.25, 0.3) is 0 Å². The Bertz CT molecular complexity index is 435. The van der Waals surface area contributed by atoms with Crippen molar-refractivity contribution >= 4 is 11.3 Å². The maximum Gasteiger partial charge on any atom is 0.134 e. The number of nitrogens with zero attached hydrogens (tertiary/aromatic N) is 3. The highest BCUT2D eigenvalue weighted by Gasteiger charge is 2.16. The fraction of sp³-hybridized carbons (Fsp3) is 0.333. The minimum Gasteiger partial charge on any atom is -0.381 e. The second-order valence-corrected chi connectivity index (χ2v) is 4.14. The van der Waals surface area contributed by atoms with Crippen LogP contribution < -0.4 is 0 Å². The second kappa shape index (κ2) is 3.51. The van der Waals surface area contributed by atoms with Crippen molar-refractivity contribution in [3.63, 3.8) is 0 Å². The minimum atomic E-state index is -0.649. The number of hydrogen-bond donors (Lipinski definition) is 1. The van der Waals surface area contributed by atoms with Gasteiger partial charge in [-0.15, -0.1) is 16.4 Å². The Balaban J connectivity index is 2.33. The molecule has 4 nitrogen and oxygen atoms in total. The molecule has 1 unspecified atom stereocenters. The van der Waals surface area contributed by atoms with Crippen LogP contribution in [-0.4, -0.2) is 20.1 Å². The summed E-state index contributed by atoms with van der Waals surface area (Å²) in [7, 11) is 1.78. The summed E-state index contributed by atoms with van der Waals surface area (Å²) >= 11 is 1.53. The van der Waals surface area contributed by atoms with Crippen molar-refractivity contribution in [2.75, 3.05) is 0 Å². The summed E-state index contributed by atoms with van der Waals surface area (Å²) in [4.78, 5) is 0.936. The van der Waals surface area contributed by atoms with Gasteiger partial charge in [-0.25, -0.2) is 0 Å². The Morgan fingerprint density at radius 2 is 2.36 bits per heavy atom. The van der Waals surface area contributed by atoms with Gasteiger partial charge in [0.2, 0.25) is 0 Å². The highest BCUT2D eigenvalue weighted by atomic mass is 32.1. The molecule has 1 N–H and O–H groups in total. The van der Waals surface area contributed by atoms with E-state index in [2.05, 4.69) is 10.3 Å². The smallest absolute Gasteiger partial charge is 0.134 e. The molecule has 0 saturated heterocycles. The van der Waals surface area contributed by atoms with Gasteiger partial charge in [0.25, 0.3) is 0 Å². The molecular weight excluding hydrogens is 198 g/mol. The van der Waals surface area contributed by atoms with E-state index in [0.29, 0.717) is 5.69 Å². The van der Waals surface area contributed by atoms with Gasteiger partial charge in [-0.3, -0.25) is 4.68 Å². The van der Waals surface area contributed by atoms with Crippen LogP contribution in [0.3, 0.4) is 0 Å². The third-order valence-electron chi connectivity index (χ3n) is 2.05.